The topological polar surface area (TPSA) is 29.9 Å². The third-order valence-electron chi connectivity index (χ3n) is 3.57. The first kappa shape index (κ1) is 10.7. The number of aromatic nitrogens is 2. The van der Waals surface area contributed by atoms with Crippen LogP contribution in [-0.4, -0.2) is 15.8 Å². The average molecular weight is 207 g/mol. The minimum absolute atomic E-state index is 0.461. The molecule has 3 heteroatoms. The summed E-state index contributed by atoms with van der Waals surface area (Å²) in [6.45, 7) is 5.67. The van der Waals surface area contributed by atoms with E-state index in [9.17, 15) is 0 Å². The van der Waals surface area contributed by atoms with Crippen molar-refractivity contribution in [3.63, 3.8) is 0 Å². The van der Waals surface area contributed by atoms with E-state index in [-0.39, 0.29) is 0 Å². The van der Waals surface area contributed by atoms with Crippen molar-refractivity contribution in [3.8, 4) is 0 Å². The molecule has 1 fully saturated rings. The van der Waals surface area contributed by atoms with Gasteiger partial charge in [-0.3, -0.25) is 4.68 Å². The van der Waals surface area contributed by atoms with Crippen molar-refractivity contribution in [3.05, 3.63) is 18.0 Å². The zero-order valence-electron chi connectivity index (χ0n) is 9.95. The zero-order chi connectivity index (χ0) is 10.9. The summed E-state index contributed by atoms with van der Waals surface area (Å²) >= 11 is 0. The monoisotopic (exact) mass is 207 g/mol. The molecule has 0 bridgehead atoms. The molecule has 15 heavy (non-hydrogen) atoms. The van der Waals surface area contributed by atoms with E-state index in [1.54, 1.807) is 0 Å². The third-order valence-corrected chi connectivity index (χ3v) is 3.57. The van der Waals surface area contributed by atoms with Crippen LogP contribution in [0, 0.1) is 5.41 Å². The summed E-state index contributed by atoms with van der Waals surface area (Å²) in [5, 5.41) is 7.82. The molecule has 1 aromatic heterocycles. The van der Waals surface area contributed by atoms with E-state index in [4.69, 9.17) is 0 Å². The van der Waals surface area contributed by atoms with Gasteiger partial charge in [0.15, 0.2) is 0 Å². The average Bonchev–Trinajstić information content (AvgIpc) is 2.69. The van der Waals surface area contributed by atoms with E-state index in [1.807, 2.05) is 17.9 Å². The standard InChI is InChI=1S/C12H21N3/c1-12(2)6-4-5-11(12)13-7-10-8-14-15(3)9-10/h8-9,11,13H,4-7H2,1-3H3. The highest BCUT2D eigenvalue weighted by atomic mass is 15.2. The maximum absolute atomic E-state index is 4.17. The second kappa shape index (κ2) is 3.97. The van der Waals surface area contributed by atoms with E-state index in [0.717, 1.165) is 6.54 Å². The molecule has 0 spiro atoms. The predicted octanol–water partition coefficient (Wildman–Crippen LogP) is 2.09. The Kier molecular flexibility index (Phi) is 2.83. The number of hydrogen-bond acceptors (Lipinski definition) is 2. The SMILES string of the molecule is Cn1cc(CNC2CCCC2(C)C)cn1. The van der Waals surface area contributed by atoms with Gasteiger partial charge in [0.05, 0.1) is 6.20 Å². The van der Waals surface area contributed by atoms with Gasteiger partial charge in [0.1, 0.15) is 0 Å². The Morgan fingerprint density at radius 3 is 2.93 bits per heavy atom. The van der Waals surface area contributed by atoms with E-state index < -0.39 is 0 Å². The van der Waals surface area contributed by atoms with Gasteiger partial charge in [0.2, 0.25) is 0 Å². The van der Waals surface area contributed by atoms with Crippen molar-refractivity contribution in [1.82, 2.24) is 15.1 Å². The summed E-state index contributed by atoms with van der Waals surface area (Å²) in [5.41, 5.74) is 1.74. The van der Waals surface area contributed by atoms with Crippen LogP contribution in [-0.2, 0) is 13.6 Å². The Labute approximate surface area is 91.9 Å². The van der Waals surface area contributed by atoms with Crippen molar-refractivity contribution >= 4 is 0 Å². The lowest BCUT2D eigenvalue weighted by molar-refractivity contribution is 0.282. The molecule has 2 rings (SSSR count). The Morgan fingerprint density at radius 2 is 2.40 bits per heavy atom. The molecule has 3 nitrogen and oxygen atoms in total. The molecule has 0 aromatic carbocycles. The number of nitrogens with zero attached hydrogens (tertiary/aromatic N) is 2. The number of rotatable bonds is 3. The van der Waals surface area contributed by atoms with E-state index >= 15 is 0 Å². The van der Waals surface area contributed by atoms with Crippen LogP contribution >= 0.6 is 0 Å². The van der Waals surface area contributed by atoms with E-state index in [1.165, 1.54) is 24.8 Å². The van der Waals surface area contributed by atoms with Crippen LogP contribution in [0.5, 0.6) is 0 Å². The van der Waals surface area contributed by atoms with Crippen LogP contribution in [0.1, 0.15) is 38.7 Å². The number of aryl methyl sites for hydroxylation is 1. The van der Waals surface area contributed by atoms with Crippen molar-refractivity contribution in [2.75, 3.05) is 0 Å². The first-order valence-corrected chi connectivity index (χ1v) is 5.79. The molecular formula is C12H21N3. The Morgan fingerprint density at radius 1 is 1.60 bits per heavy atom. The molecular weight excluding hydrogens is 186 g/mol. The minimum atomic E-state index is 0.461. The molecule has 1 heterocycles. The largest absolute Gasteiger partial charge is 0.309 e. The second-order valence-corrected chi connectivity index (χ2v) is 5.34. The lowest BCUT2D eigenvalue weighted by Crippen LogP contribution is -2.37. The highest BCUT2D eigenvalue weighted by Crippen LogP contribution is 2.37. The quantitative estimate of drug-likeness (QED) is 0.822. The minimum Gasteiger partial charge on any atom is -0.309 e. The van der Waals surface area contributed by atoms with Gasteiger partial charge in [0.25, 0.3) is 0 Å². The highest BCUT2D eigenvalue weighted by molar-refractivity contribution is 5.04. The molecule has 1 N–H and O–H groups in total. The summed E-state index contributed by atoms with van der Waals surface area (Å²) in [6.07, 6.45) is 8.03. The molecule has 0 radical (unpaired) electrons. The van der Waals surface area contributed by atoms with Gasteiger partial charge in [0, 0.05) is 31.4 Å². The lowest BCUT2D eigenvalue weighted by atomic mass is 9.87. The summed E-state index contributed by atoms with van der Waals surface area (Å²) in [5.74, 6) is 0. The fourth-order valence-corrected chi connectivity index (χ4v) is 2.51. The zero-order valence-corrected chi connectivity index (χ0v) is 9.95. The van der Waals surface area contributed by atoms with Crippen molar-refractivity contribution in [2.45, 2.75) is 45.7 Å². The maximum Gasteiger partial charge on any atom is 0.0534 e. The highest BCUT2D eigenvalue weighted by Gasteiger charge is 2.33. The number of hydrogen-bond donors (Lipinski definition) is 1. The van der Waals surface area contributed by atoms with E-state index in [0.29, 0.717) is 11.5 Å². The third kappa shape index (κ3) is 2.40. The Balaban J connectivity index is 1.88. The van der Waals surface area contributed by atoms with Gasteiger partial charge in [-0.1, -0.05) is 20.3 Å². The molecule has 0 aliphatic heterocycles. The Hall–Kier alpha value is -0.830. The molecule has 1 aromatic rings. The normalized spacial score (nSPS) is 24.6. The smallest absolute Gasteiger partial charge is 0.0534 e. The van der Waals surface area contributed by atoms with Gasteiger partial charge >= 0.3 is 0 Å². The predicted molar refractivity (Wildman–Crippen MR) is 61.5 cm³/mol. The molecule has 1 aliphatic rings. The van der Waals surface area contributed by atoms with Crippen molar-refractivity contribution in [1.29, 1.82) is 0 Å². The molecule has 1 unspecified atom stereocenters. The van der Waals surface area contributed by atoms with Crippen molar-refractivity contribution < 1.29 is 0 Å². The molecule has 84 valence electrons. The first-order valence-electron chi connectivity index (χ1n) is 5.79. The van der Waals surface area contributed by atoms with Gasteiger partial charge in [-0.05, 0) is 18.3 Å². The van der Waals surface area contributed by atoms with Crippen LogP contribution in [0.3, 0.4) is 0 Å². The summed E-state index contributed by atoms with van der Waals surface area (Å²) in [7, 11) is 1.96. The molecule has 1 atom stereocenters. The van der Waals surface area contributed by atoms with Crippen LogP contribution in [0.15, 0.2) is 12.4 Å². The summed E-state index contributed by atoms with van der Waals surface area (Å²) in [6, 6.07) is 0.665. The molecule has 1 saturated carbocycles. The Bertz CT molecular complexity index is 327. The maximum atomic E-state index is 4.17. The fourth-order valence-electron chi connectivity index (χ4n) is 2.51. The van der Waals surface area contributed by atoms with Crippen LogP contribution < -0.4 is 5.32 Å². The van der Waals surface area contributed by atoms with Gasteiger partial charge in [-0.2, -0.15) is 5.10 Å². The van der Waals surface area contributed by atoms with E-state index in [2.05, 4.69) is 30.5 Å². The first-order chi connectivity index (χ1) is 7.08. The summed E-state index contributed by atoms with van der Waals surface area (Å²) < 4.78 is 1.86. The summed E-state index contributed by atoms with van der Waals surface area (Å²) in [4.78, 5) is 0. The van der Waals surface area contributed by atoms with Gasteiger partial charge < -0.3 is 5.32 Å². The fraction of sp³-hybridized carbons (Fsp3) is 0.750. The van der Waals surface area contributed by atoms with Crippen LogP contribution in [0.25, 0.3) is 0 Å². The van der Waals surface area contributed by atoms with Gasteiger partial charge in [-0.15, -0.1) is 0 Å². The number of nitrogens with one attached hydrogen (secondary N) is 1. The lowest BCUT2D eigenvalue weighted by Gasteiger charge is -2.27. The van der Waals surface area contributed by atoms with Crippen LogP contribution in [0.4, 0.5) is 0 Å². The van der Waals surface area contributed by atoms with Gasteiger partial charge in [-0.25, -0.2) is 0 Å². The van der Waals surface area contributed by atoms with Crippen LogP contribution in [0.2, 0.25) is 0 Å². The van der Waals surface area contributed by atoms with Crippen molar-refractivity contribution in [2.24, 2.45) is 12.5 Å². The second-order valence-electron chi connectivity index (χ2n) is 5.34. The molecule has 1 aliphatic carbocycles. The molecule has 0 amide bonds. The molecule has 0 saturated heterocycles.